The van der Waals surface area contributed by atoms with Crippen molar-refractivity contribution in [2.45, 2.75) is 0 Å². The van der Waals surface area contributed by atoms with Gasteiger partial charge in [-0.2, -0.15) is 0 Å². The van der Waals surface area contributed by atoms with E-state index in [2.05, 4.69) is 10.0 Å². The van der Waals surface area contributed by atoms with Crippen molar-refractivity contribution in [3.63, 3.8) is 0 Å². The highest BCUT2D eigenvalue weighted by Gasteiger charge is 2.29. The molecular weight excluding hydrogens is 232 g/mol. The lowest BCUT2D eigenvalue weighted by molar-refractivity contribution is 0.0880. The average Bonchev–Trinajstić information content (AvgIpc) is 2.41. The molecule has 0 bridgehead atoms. The van der Waals surface area contributed by atoms with Gasteiger partial charge in [0.25, 0.3) is 11.8 Å². The largest absolute Gasteiger partial charge is 0.288 e. The summed E-state index contributed by atoms with van der Waals surface area (Å²) in [5.74, 6) is -1.11. The van der Waals surface area contributed by atoms with Crippen molar-refractivity contribution in [1.82, 2.24) is 5.32 Å². The Labute approximate surface area is 91.7 Å². The van der Waals surface area contributed by atoms with Crippen LogP contribution in [0.5, 0.6) is 0 Å². The lowest BCUT2D eigenvalue weighted by Crippen LogP contribution is -2.20. The molecule has 1 aromatic carbocycles. The number of sulfonamides is 1. The van der Waals surface area contributed by atoms with Crippen LogP contribution in [0.4, 0.5) is 5.69 Å². The summed E-state index contributed by atoms with van der Waals surface area (Å²) in [6, 6.07) is 4.39. The predicted molar refractivity (Wildman–Crippen MR) is 56.7 cm³/mol. The molecule has 1 aliphatic rings. The molecule has 6 nitrogen and oxygen atoms in total. The fourth-order valence-corrected chi connectivity index (χ4v) is 2.07. The zero-order valence-electron chi connectivity index (χ0n) is 8.27. The van der Waals surface area contributed by atoms with E-state index in [9.17, 15) is 18.0 Å². The molecule has 2 rings (SSSR count). The van der Waals surface area contributed by atoms with Crippen molar-refractivity contribution in [3.8, 4) is 0 Å². The van der Waals surface area contributed by atoms with Crippen LogP contribution >= 0.6 is 0 Å². The number of anilines is 1. The molecule has 2 amide bonds. The highest BCUT2D eigenvalue weighted by Crippen LogP contribution is 2.24. The van der Waals surface area contributed by atoms with Gasteiger partial charge in [0.1, 0.15) is 0 Å². The number of carbonyl (C=O) groups excluding carboxylic acids is 2. The number of rotatable bonds is 2. The maximum absolute atomic E-state index is 11.4. The summed E-state index contributed by atoms with van der Waals surface area (Å²) in [4.78, 5) is 22.7. The molecule has 0 spiro atoms. The van der Waals surface area contributed by atoms with E-state index in [1.165, 1.54) is 18.2 Å². The minimum Gasteiger partial charge on any atom is -0.288 e. The fraction of sp³-hybridized carbons (Fsp3) is 0.111. The van der Waals surface area contributed by atoms with E-state index in [4.69, 9.17) is 0 Å². The molecular formula is C9H8N2O4S. The van der Waals surface area contributed by atoms with E-state index in [-0.39, 0.29) is 16.8 Å². The second-order valence-electron chi connectivity index (χ2n) is 3.39. The molecule has 1 heterocycles. The fourth-order valence-electron chi connectivity index (χ4n) is 1.50. The van der Waals surface area contributed by atoms with Crippen molar-refractivity contribution in [2.24, 2.45) is 0 Å². The minimum absolute atomic E-state index is 0.0675. The second kappa shape index (κ2) is 3.31. The number of imide groups is 1. The van der Waals surface area contributed by atoms with E-state index in [0.717, 1.165) is 6.26 Å². The van der Waals surface area contributed by atoms with Gasteiger partial charge in [0.15, 0.2) is 0 Å². The maximum atomic E-state index is 11.4. The third-order valence-electron chi connectivity index (χ3n) is 2.06. The summed E-state index contributed by atoms with van der Waals surface area (Å²) in [5.41, 5.74) is 0.361. The molecule has 84 valence electrons. The molecule has 0 radical (unpaired) electrons. The van der Waals surface area contributed by atoms with Gasteiger partial charge in [0.2, 0.25) is 10.0 Å². The minimum atomic E-state index is -3.48. The Bertz CT molecular complexity index is 592. The number of hydrogen-bond acceptors (Lipinski definition) is 4. The van der Waals surface area contributed by atoms with Crippen LogP contribution in [-0.4, -0.2) is 26.5 Å². The number of fused-ring (bicyclic) bond motifs is 1. The lowest BCUT2D eigenvalue weighted by atomic mass is 10.1. The van der Waals surface area contributed by atoms with Gasteiger partial charge in [-0.05, 0) is 12.1 Å². The number of benzene rings is 1. The first-order valence-corrected chi connectivity index (χ1v) is 6.24. The Kier molecular flexibility index (Phi) is 2.20. The molecule has 7 heteroatoms. The molecule has 0 saturated carbocycles. The zero-order chi connectivity index (χ0) is 11.9. The Morgan fingerprint density at radius 2 is 1.88 bits per heavy atom. The lowest BCUT2D eigenvalue weighted by Gasteiger charge is -2.06. The van der Waals surface area contributed by atoms with Gasteiger partial charge >= 0.3 is 0 Å². The first-order valence-electron chi connectivity index (χ1n) is 4.35. The second-order valence-corrected chi connectivity index (χ2v) is 5.13. The molecule has 0 aliphatic carbocycles. The molecule has 0 atom stereocenters. The van der Waals surface area contributed by atoms with Crippen LogP contribution in [0.25, 0.3) is 0 Å². The topological polar surface area (TPSA) is 92.3 Å². The Morgan fingerprint density at radius 3 is 2.50 bits per heavy atom. The van der Waals surface area contributed by atoms with Crippen LogP contribution < -0.4 is 10.0 Å². The van der Waals surface area contributed by atoms with E-state index in [1.807, 2.05) is 0 Å². The molecule has 16 heavy (non-hydrogen) atoms. The number of nitrogens with one attached hydrogen (secondary N) is 2. The van der Waals surface area contributed by atoms with Crippen LogP contribution in [0.15, 0.2) is 18.2 Å². The number of carbonyl (C=O) groups is 2. The molecule has 0 saturated heterocycles. The molecule has 0 fully saturated rings. The Morgan fingerprint density at radius 1 is 1.19 bits per heavy atom. The smallest absolute Gasteiger partial charge is 0.261 e. The predicted octanol–water partition coefficient (Wildman–Crippen LogP) is -0.0583. The van der Waals surface area contributed by atoms with Gasteiger partial charge in [-0.15, -0.1) is 0 Å². The normalized spacial score (nSPS) is 14.6. The molecule has 0 aromatic heterocycles. The summed E-state index contributed by atoms with van der Waals surface area (Å²) in [6.07, 6.45) is 0.973. The van der Waals surface area contributed by atoms with E-state index < -0.39 is 21.8 Å². The zero-order valence-corrected chi connectivity index (χ0v) is 9.09. The molecule has 1 aromatic rings. The summed E-state index contributed by atoms with van der Waals surface area (Å²) in [7, 11) is -3.48. The quantitative estimate of drug-likeness (QED) is 0.708. The summed E-state index contributed by atoms with van der Waals surface area (Å²) in [6.45, 7) is 0. The average molecular weight is 240 g/mol. The number of amides is 2. The van der Waals surface area contributed by atoms with E-state index in [1.54, 1.807) is 0 Å². The van der Waals surface area contributed by atoms with Crippen molar-refractivity contribution in [1.29, 1.82) is 0 Å². The highest BCUT2D eigenvalue weighted by atomic mass is 32.2. The molecule has 2 N–H and O–H groups in total. The molecule has 0 unspecified atom stereocenters. The van der Waals surface area contributed by atoms with Gasteiger partial charge in [-0.1, -0.05) is 6.07 Å². The van der Waals surface area contributed by atoms with Crippen LogP contribution in [0.2, 0.25) is 0 Å². The van der Waals surface area contributed by atoms with Gasteiger partial charge in [-0.25, -0.2) is 8.42 Å². The summed E-state index contributed by atoms with van der Waals surface area (Å²) >= 11 is 0. The van der Waals surface area contributed by atoms with Crippen molar-refractivity contribution < 1.29 is 18.0 Å². The van der Waals surface area contributed by atoms with Gasteiger partial charge in [0, 0.05) is 0 Å². The first kappa shape index (κ1) is 10.6. The Hall–Kier alpha value is -1.89. The van der Waals surface area contributed by atoms with Crippen LogP contribution in [0.1, 0.15) is 20.7 Å². The maximum Gasteiger partial charge on any atom is 0.261 e. The van der Waals surface area contributed by atoms with Gasteiger partial charge in [-0.3, -0.25) is 19.6 Å². The molecule has 1 aliphatic heterocycles. The third-order valence-corrected chi connectivity index (χ3v) is 2.65. The van der Waals surface area contributed by atoms with Crippen LogP contribution in [0, 0.1) is 0 Å². The Balaban J connectivity index is 2.58. The van der Waals surface area contributed by atoms with E-state index >= 15 is 0 Å². The van der Waals surface area contributed by atoms with Crippen molar-refractivity contribution >= 4 is 27.5 Å². The van der Waals surface area contributed by atoms with Crippen LogP contribution in [-0.2, 0) is 10.0 Å². The van der Waals surface area contributed by atoms with Crippen LogP contribution in [0.3, 0.4) is 0 Å². The van der Waals surface area contributed by atoms with E-state index in [0.29, 0.717) is 0 Å². The van der Waals surface area contributed by atoms with Gasteiger partial charge in [0.05, 0.1) is 23.1 Å². The first-order chi connectivity index (χ1) is 7.38. The third kappa shape index (κ3) is 1.76. The standard InChI is InChI=1S/C9H8N2O4S/c1-16(14,15)11-6-4-2-3-5-7(6)9(13)10-8(5)12/h2-4,11H,1H3,(H,10,12,13). The van der Waals surface area contributed by atoms with Crippen molar-refractivity contribution in [2.75, 3.05) is 11.0 Å². The summed E-state index contributed by atoms with van der Waals surface area (Å²) in [5, 5.41) is 2.10. The van der Waals surface area contributed by atoms with Gasteiger partial charge < -0.3 is 0 Å². The summed E-state index contributed by atoms with van der Waals surface area (Å²) < 4.78 is 24.3. The number of hydrogen-bond donors (Lipinski definition) is 2. The SMILES string of the molecule is CS(=O)(=O)Nc1cccc2c1C(=O)NC2=O. The van der Waals surface area contributed by atoms with Crippen molar-refractivity contribution in [3.05, 3.63) is 29.3 Å². The monoisotopic (exact) mass is 240 g/mol. The highest BCUT2D eigenvalue weighted by molar-refractivity contribution is 7.92.